The van der Waals surface area contributed by atoms with Gasteiger partial charge in [0.25, 0.3) is 17.1 Å². The second-order valence-corrected chi connectivity index (χ2v) is 10.7. The van der Waals surface area contributed by atoms with Gasteiger partial charge in [0.2, 0.25) is 5.91 Å². The standard InChI is InChI=1S/C27H28BrN3O7S/c1-16-17(2)20(6-5-19(16)28)29-24(32)15-38-21-7-4-18(12-22(21)36-3)13-23-26(34)31(27(35)39-23)14-25(33)30-8-10-37-11-9-30/h4-7,12-13H,8-11,14-15H2,1-3H3,(H,29,32)/b23-13-. The minimum atomic E-state index is -0.527. The Bertz CT molecular complexity index is 1340. The van der Waals surface area contributed by atoms with E-state index in [-0.39, 0.29) is 29.9 Å². The molecule has 2 aliphatic rings. The summed E-state index contributed by atoms with van der Waals surface area (Å²) in [5, 5.41) is 2.35. The zero-order valence-corrected chi connectivity index (χ0v) is 24.1. The minimum Gasteiger partial charge on any atom is -0.493 e. The Morgan fingerprint density at radius 3 is 2.56 bits per heavy atom. The van der Waals surface area contributed by atoms with Crippen LogP contribution in [0, 0.1) is 13.8 Å². The molecule has 0 aromatic heterocycles. The second kappa shape index (κ2) is 12.7. The van der Waals surface area contributed by atoms with E-state index in [1.807, 2.05) is 26.0 Å². The van der Waals surface area contributed by atoms with Crippen molar-refractivity contribution in [3.05, 3.63) is 56.4 Å². The van der Waals surface area contributed by atoms with Crippen molar-refractivity contribution in [3.8, 4) is 11.5 Å². The lowest BCUT2D eigenvalue weighted by atomic mass is 10.1. The molecule has 0 radical (unpaired) electrons. The molecule has 4 amide bonds. The van der Waals surface area contributed by atoms with Gasteiger partial charge in [-0.05, 0) is 72.6 Å². The first kappa shape index (κ1) is 28.7. The fraction of sp³-hybridized carbons (Fsp3) is 0.333. The number of nitrogens with zero attached hydrogens (tertiary/aromatic N) is 2. The van der Waals surface area contributed by atoms with Gasteiger partial charge in [0.15, 0.2) is 18.1 Å². The molecule has 0 aliphatic carbocycles. The molecule has 0 bridgehead atoms. The Kier molecular flexibility index (Phi) is 9.31. The van der Waals surface area contributed by atoms with Crippen molar-refractivity contribution in [1.82, 2.24) is 9.80 Å². The summed E-state index contributed by atoms with van der Waals surface area (Å²) < 4.78 is 17.3. The number of anilines is 1. The molecule has 2 fully saturated rings. The SMILES string of the molecule is COc1cc(/C=C2\SC(=O)N(CC(=O)N3CCOCC3)C2=O)ccc1OCC(=O)Nc1ccc(Br)c(C)c1C. The molecule has 0 atom stereocenters. The number of morpholine rings is 1. The van der Waals surface area contributed by atoms with Crippen LogP contribution < -0.4 is 14.8 Å². The van der Waals surface area contributed by atoms with Crippen LogP contribution >= 0.6 is 27.7 Å². The molecule has 2 aliphatic heterocycles. The van der Waals surface area contributed by atoms with Crippen molar-refractivity contribution in [3.63, 3.8) is 0 Å². The summed E-state index contributed by atoms with van der Waals surface area (Å²) >= 11 is 4.25. The maximum absolute atomic E-state index is 12.9. The number of benzene rings is 2. The third kappa shape index (κ3) is 6.81. The number of halogens is 1. The van der Waals surface area contributed by atoms with Gasteiger partial charge in [-0.25, -0.2) is 0 Å². The first-order valence-electron chi connectivity index (χ1n) is 12.1. The molecule has 10 nitrogen and oxygen atoms in total. The van der Waals surface area contributed by atoms with Crippen molar-refractivity contribution in [1.29, 1.82) is 0 Å². The van der Waals surface area contributed by atoms with E-state index < -0.39 is 11.1 Å². The molecule has 0 unspecified atom stereocenters. The van der Waals surface area contributed by atoms with E-state index >= 15 is 0 Å². The van der Waals surface area contributed by atoms with Gasteiger partial charge in [-0.15, -0.1) is 0 Å². The Morgan fingerprint density at radius 1 is 1.10 bits per heavy atom. The largest absolute Gasteiger partial charge is 0.493 e. The summed E-state index contributed by atoms with van der Waals surface area (Å²) in [4.78, 5) is 53.1. The van der Waals surface area contributed by atoms with Crippen molar-refractivity contribution >= 4 is 62.4 Å². The van der Waals surface area contributed by atoms with Gasteiger partial charge in [0.05, 0.1) is 25.2 Å². The number of methoxy groups -OCH3 is 1. The van der Waals surface area contributed by atoms with Gasteiger partial charge in [-0.1, -0.05) is 22.0 Å². The number of ether oxygens (including phenoxy) is 3. The van der Waals surface area contributed by atoms with Crippen molar-refractivity contribution in [2.45, 2.75) is 13.8 Å². The molecule has 2 saturated heterocycles. The lowest BCUT2D eigenvalue weighted by molar-refractivity contribution is -0.139. The summed E-state index contributed by atoms with van der Waals surface area (Å²) in [6, 6.07) is 8.64. The maximum Gasteiger partial charge on any atom is 0.294 e. The molecule has 206 valence electrons. The van der Waals surface area contributed by atoms with Crippen molar-refractivity contribution in [2.24, 2.45) is 0 Å². The molecule has 2 aromatic carbocycles. The Hall–Kier alpha value is -3.35. The van der Waals surface area contributed by atoms with Crippen LogP contribution in [0.1, 0.15) is 16.7 Å². The number of carbonyl (C=O) groups excluding carboxylic acids is 4. The van der Waals surface area contributed by atoms with Crippen LogP contribution in [0.4, 0.5) is 10.5 Å². The summed E-state index contributed by atoms with van der Waals surface area (Å²) in [5.41, 5.74) is 3.28. The van der Waals surface area contributed by atoms with E-state index in [0.717, 1.165) is 32.3 Å². The third-order valence-electron chi connectivity index (χ3n) is 6.37. The Labute approximate surface area is 238 Å². The minimum absolute atomic E-state index is 0.199. The number of thioether (sulfide) groups is 1. The first-order valence-corrected chi connectivity index (χ1v) is 13.8. The molecule has 12 heteroatoms. The summed E-state index contributed by atoms with van der Waals surface area (Å²) in [7, 11) is 1.46. The van der Waals surface area contributed by atoms with Gasteiger partial charge in [0.1, 0.15) is 6.54 Å². The molecule has 2 heterocycles. The van der Waals surface area contributed by atoms with E-state index in [0.29, 0.717) is 49.1 Å². The molecular formula is C27H28BrN3O7S. The number of carbonyl (C=O) groups is 4. The van der Waals surface area contributed by atoms with Gasteiger partial charge >= 0.3 is 0 Å². The monoisotopic (exact) mass is 617 g/mol. The van der Waals surface area contributed by atoms with Crippen LogP contribution in [-0.4, -0.2) is 79.3 Å². The van der Waals surface area contributed by atoms with E-state index in [1.165, 1.54) is 7.11 Å². The van der Waals surface area contributed by atoms with Gasteiger partial charge in [-0.3, -0.25) is 24.1 Å². The normalized spacial score (nSPS) is 16.6. The van der Waals surface area contributed by atoms with E-state index in [9.17, 15) is 19.2 Å². The van der Waals surface area contributed by atoms with Crippen LogP contribution in [-0.2, 0) is 19.1 Å². The van der Waals surface area contributed by atoms with Crippen LogP contribution in [0.25, 0.3) is 6.08 Å². The summed E-state index contributed by atoms with van der Waals surface area (Å²) in [6.45, 7) is 5.08. The number of rotatable bonds is 8. The Morgan fingerprint density at radius 2 is 1.85 bits per heavy atom. The molecule has 0 spiro atoms. The highest BCUT2D eigenvalue weighted by molar-refractivity contribution is 9.10. The van der Waals surface area contributed by atoms with E-state index in [1.54, 1.807) is 29.2 Å². The van der Waals surface area contributed by atoms with Crippen molar-refractivity contribution < 1.29 is 33.4 Å². The molecular weight excluding hydrogens is 590 g/mol. The highest BCUT2D eigenvalue weighted by Gasteiger charge is 2.37. The third-order valence-corrected chi connectivity index (χ3v) is 8.14. The van der Waals surface area contributed by atoms with Gasteiger partial charge in [-0.2, -0.15) is 0 Å². The number of nitrogens with one attached hydrogen (secondary N) is 1. The molecule has 1 N–H and O–H groups in total. The highest BCUT2D eigenvalue weighted by atomic mass is 79.9. The second-order valence-electron chi connectivity index (χ2n) is 8.85. The fourth-order valence-electron chi connectivity index (χ4n) is 3.98. The zero-order valence-electron chi connectivity index (χ0n) is 21.7. The number of hydrogen-bond donors (Lipinski definition) is 1. The maximum atomic E-state index is 12.9. The van der Waals surface area contributed by atoms with Gasteiger partial charge in [0, 0.05) is 23.2 Å². The first-order chi connectivity index (χ1) is 18.7. The molecule has 4 rings (SSSR count). The summed E-state index contributed by atoms with van der Waals surface area (Å²) in [6.07, 6.45) is 1.56. The molecule has 2 aromatic rings. The van der Waals surface area contributed by atoms with Gasteiger partial charge < -0.3 is 24.4 Å². The zero-order chi connectivity index (χ0) is 28.1. The topological polar surface area (TPSA) is 114 Å². The molecule has 0 saturated carbocycles. The van der Waals surface area contributed by atoms with Crippen LogP contribution in [0.3, 0.4) is 0 Å². The quantitative estimate of drug-likeness (QED) is 0.442. The average Bonchev–Trinajstić information content (AvgIpc) is 3.20. The van der Waals surface area contributed by atoms with Crippen molar-refractivity contribution in [2.75, 3.05) is 51.9 Å². The lowest BCUT2D eigenvalue weighted by Gasteiger charge is -2.28. The highest BCUT2D eigenvalue weighted by Crippen LogP contribution is 2.34. The van der Waals surface area contributed by atoms with E-state index in [4.69, 9.17) is 14.2 Å². The van der Waals surface area contributed by atoms with Crippen LogP contribution in [0.2, 0.25) is 0 Å². The van der Waals surface area contributed by atoms with E-state index in [2.05, 4.69) is 21.2 Å². The fourth-order valence-corrected chi connectivity index (χ4v) is 5.25. The smallest absolute Gasteiger partial charge is 0.294 e. The predicted octanol–water partition coefficient (Wildman–Crippen LogP) is 3.99. The van der Waals surface area contributed by atoms with Crippen LogP contribution in [0.5, 0.6) is 11.5 Å². The van der Waals surface area contributed by atoms with Crippen LogP contribution in [0.15, 0.2) is 39.7 Å². The Balaban J connectivity index is 1.39. The average molecular weight is 619 g/mol. The number of amides is 4. The number of imide groups is 1. The molecule has 39 heavy (non-hydrogen) atoms. The predicted molar refractivity (Wildman–Crippen MR) is 151 cm³/mol. The lowest BCUT2D eigenvalue weighted by Crippen LogP contribution is -2.46. The number of hydrogen-bond acceptors (Lipinski definition) is 8. The summed E-state index contributed by atoms with van der Waals surface area (Å²) in [5.74, 6) is -0.446.